The van der Waals surface area contributed by atoms with E-state index in [0.29, 0.717) is 25.7 Å². The van der Waals surface area contributed by atoms with Crippen LogP contribution in [-0.2, 0) is 14.4 Å². The number of allylic oxidation sites excluding steroid dienone is 1. The molecule has 26 heavy (non-hydrogen) atoms. The number of aliphatic hydroxyl groups excluding tert-OH is 1. The van der Waals surface area contributed by atoms with Gasteiger partial charge in [0.1, 0.15) is 18.0 Å². The summed E-state index contributed by atoms with van der Waals surface area (Å²) in [5.74, 6) is -0.172. The third-order valence-corrected chi connectivity index (χ3v) is 8.41. The van der Waals surface area contributed by atoms with Gasteiger partial charge in [-0.15, -0.1) is 0 Å². The molecule has 5 nitrogen and oxygen atoms in total. The molecule has 0 radical (unpaired) electrons. The van der Waals surface area contributed by atoms with Crippen LogP contribution in [0.4, 0.5) is 0 Å². The number of fused-ring (bicyclic) bond motifs is 5. The van der Waals surface area contributed by atoms with Gasteiger partial charge >= 0.3 is 0 Å². The summed E-state index contributed by atoms with van der Waals surface area (Å²) in [5.41, 5.74) is -1.55. The van der Waals surface area contributed by atoms with Crippen molar-refractivity contribution in [1.82, 2.24) is 0 Å². The average molecular weight is 360 g/mol. The van der Waals surface area contributed by atoms with Crippen molar-refractivity contribution in [3.05, 3.63) is 11.6 Å². The molecule has 4 aliphatic carbocycles. The molecule has 4 rings (SSSR count). The number of rotatable bonds is 2. The summed E-state index contributed by atoms with van der Waals surface area (Å²) in [6, 6.07) is 0. The van der Waals surface area contributed by atoms with E-state index >= 15 is 0 Å². The molecule has 2 N–H and O–H groups in total. The van der Waals surface area contributed by atoms with Crippen molar-refractivity contribution < 1.29 is 24.6 Å². The number of hydrogen-bond acceptors (Lipinski definition) is 5. The number of hydrogen-bond donors (Lipinski definition) is 2. The number of ketones is 3. The van der Waals surface area contributed by atoms with Crippen LogP contribution in [0.25, 0.3) is 0 Å². The first-order valence-electron chi connectivity index (χ1n) is 9.80. The summed E-state index contributed by atoms with van der Waals surface area (Å²) in [4.78, 5) is 37.5. The molecule has 0 aromatic rings. The van der Waals surface area contributed by atoms with E-state index in [1.54, 1.807) is 6.08 Å². The summed E-state index contributed by atoms with van der Waals surface area (Å²) in [6.45, 7) is 3.31. The van der Waals surface area contributed by atoms with Crippen LogP contribution in [0, 0.1) is 28.6 Å². The largest absolute Gasteiger partial charge is 0.388 e. The topological polar surface area (TPSA) is 91.7 Å². The fourth-order valence-electron chi connectivity index (χ4n) is 6.98. The smallest absolute Gasteiger partial charge is 0.190 e. The lowest BCUT2D eigenvalue weighted by Crippen LogP contribution is -2.60. The fraction of sp³-hybridized carbons (Fsp3) is 0.762. The molecule has 0 aromatic carbocycles. The van der Waals surface area contributed by atoms with E-state index < -0.39 is 23.4 Å². The second kappa shape index (κ2) is 5.59. The molecule has 3 fully saturated rings. The monoisotopic (exact) mass is 360 g/mol. The first kappa shape index (κ1) is 18.1. The molecule has 0 aromatic heterocycles. The van der Waals surface area contributed by atoms with Crippen molar-refractivity contribution in [2.75, 3.05) is 6.61 Å². The molecule has 0 bridgehead atoms. The van der Waals surface area contributed by atoms with Gasteiger partial charge in [0.25, 0.3) is 0 Å². The van der Waals surface area contributed by atoms with E-state index in [2.05, 4.69) is 6.92 Å². The number of carbonyl (C=O) groups is 3. The van der Waals surface area contributed by atoms with Crippen LogP contribution in [0.5, 0.6) is 0 Å². The standard InChI is InChI=1S/C21H28O5/c1-19-7-5-13(23)9-12(19)3-4-14-15-6-8-21(26,17(25)11-22)20(15,2)10-16(24)18(14)19/h9,14-15,18,22,26H,3-8,10-11H2,1-2H3/t14-,15+,18+,19-,20+,21-/m0/s1. The van der Waals surface area contributed by atoms with Crippen molar-refractivity contribution in [1.29, 1.82) is 0 Å². The number of Topliss-reactive ketones (excluding diaryl/α,β-unsaturated/α-hetero) is 2. The molecule has 5 heteroatoms. The van der Waals surface area contributed by atoms with Crippen LogP contribution in [0.2, 0.25) is 0 Å². The predicted molar refractivity (Wildman–Crippen MR) is 94.1 cm³/mol. The van der Waals surface area contributed by atoms with Crippen molar-refractivity contribution >= 4 is 17.3 Å². The SMILES string of the molecule is C[C@]12CCC(=O)C=C1CC[C@H]1[C@H]3CC[C@](O)(C(=O)CO)[C@]3(C)CC(=O)[C@@H]12. The van der Waals surface area contributed by atoms with E-state index in [9.17, 15) is 24.6 Å². The van der Waals surface area contributed by atoms with Gasteiger partial charge in [-0.1, -0.05) is 19.4 Å². The van der Waals surface area contributed by atoms with Crippen LogP contribution < -0.4 is 0 Å². The summed E-state index contributed by atoms with van der Waals surface area (Å²) in [7, 11) is 0. The Bertz CT molecular complexity index is 724. The molecule has 4 aliphatic rings. The second-order valence-corrected chi connectivity index (χ2v) is 9.38. The summed E-state index contributed by atoms with van der Waals surface area (Å²) in [5, 5.41) is 20.5. The van der Waals surface area contributed by atoms with Gasteiger partial charge in [0.15, 0.2) is 11.6 Å². The Balaban J connectivity index is 1.75. The van der Waals surface area contributed by atoms with E-state index in [0.717, 1.165) is 18.4 Å². The molecule has 0 amide bonds. The number of aliphatic hydroxyl groups is 2. The van der Waals surface area contributed by atoms with Gasteiger partial charge in [0, 0.05) is 24.2 Å². The zero-order valence-electron chi connectivity index (χ0n) is 15.6. The van der Waals surface area contributed by atoms with E-state index in [1.807, 2.05) is 6.92 Å². The third-order valence-electron chi connectivity index (χ3n) is 8.41. The molecular formula is C21H28O5. The normalized spacial score (nSPS) is 47.7. The lowest BCUT2D eigenvalue weighted by Gasteiger charge is -2.57. The molecule has 0 aliphatic heterocycles. The van der Waals surface area contributed by atoms with Gasteiger partial charge in [-0.25, -0.2) is 0 Å². The Morgan fingerprint density at radius 2 is 1.92 bits per heavy atom. The van der Waals surface area contributed by atoms with Gasteiger partial charge in [-0.3, -0.25) is 14.4 Å². The van der Waals surface area contributed by atoms with Gasteiger partial charge in [0.2, 0.25) is 0 Å². The zero-order chi connectivity index (χ0) is 18.9. The average Bonchev–Trinajstić information content (AvgIpc) is 2.86. The maximum absolute atomic E-state index is 13.3. The van der Waals surface area contributed by atoms with Crippen molar-refractivity contribution in [2.45, 2.75) is 64.4 Å². The fourth-order valence-corrected chi connectivity index (χ4v) is 6.98. The minimum Gasteiger partial charge on any atom is -0.388 e. The molecule has 3 saturated carbocycles. The first-order valence-corrected chi connectivity index (χ1v) is 9.80. The molecule has 0 saturated heterocycles. The summed E-state index contributed by atoms with van der Waals surface area (Å²) in [6.07, 6.45) is 5.83. The van der Waals surface area contributed by atoms with Crippen molar-refractivity contribution in [2.24, 2.45) is 28.6 Å². The molecule has 142 valence electrons. The second-order valence-electron chi connectivity index (χ2n) is 9.38. The Morgan fingerprint density at radius 1 is 1.19 bits per heavy atom. The van der Waals surface area contributed by atoms with Gasteiger partial charge in [-0.05, 0) is 55.4 Å². The van der Waals surface area contributed by atoms with Crippen LogP contribution in [0.15, 0.2) is 11.6 Å². The van der Waals surface area contributed by atoms with Crippen LogP contribution in [0.3, 0.4) is 0 Å². The van der Waals surface area contributed by atoms with Crippen LogP contribution in [0.1, 0.15) is 58.8 Å². The van der Waals surface area contributed by atoms with Gasteiger partial charge in [-0.2, -0.15) is 0 Å². The minimum absolute atomic E-state index is 0.0988. The maximum atomic E-state index is 13.3. The Morgan fingerprint density at radius 3 is 2.62 bits per heavy atom. The lowest BCUT2D eigenvalue weighted by atomic mass is 9.46. The van der Waals surface area contributed by atoms with E-state index in [1.165, 1.54) is 0 Å². The minimum atomic E-state index is -1.60. The third kappa shape index (κ3) is 2.07. The van der Waals surface area contributed by atoms with Crippen LogP contribution >= 0.6 is 0 Å². The molecule has 0 unspecified atom stereocenters. The highest BCUT2D eigenvalue weighted by Gasteiger charge is 2.68. The van der Waals surface area contributed by atoms with Gasteiger partial charge < -0.3 is 10.2 Å². The molecule has 0 heterocycles. The first-order chi connectivity index (χ1) is 12.2. The summed E-state index contributed by atoms with van der Waals surface area (Å²) >= 11 is 0. The summed E-state index contributed by atoms with van der Waals surface area (Å²) < 4.78 is 0. The zero-order valence-corrected chi connectivity index (χ0v) is 15.6. The Hall–Kier alpha value is -1.33. The Labute approximate surface area is 153 Å². The van der Waals surface area contributed by atoms with E-state index in [-0.39, 0.29) is 41.2 Å². The highest BCUT2D eigenvalue weighted by atomic mass is 16.3. The molecular weight excluding hydrogens is 332 g/mol. The predicted octanol–water partition coefficient (Wildman–Crippen LogP) is 1.99. The number of carbonyl (C=O) groups excluding carboxylic acids is 3. The molecule has 6 atom stereocenters. The highest BCUT2D eigenvalue weighted by molar-refractivity contribution is 5.94. The van der Waals surface area contributed by atoms with E-state index in [4.69, 9.17) is 0 Å². The van der Waals surface area contributed by atoms with Crippen molar-refractivity contribution in [3.8, 4) is 0 Å². The van der Waals surface area contributed by atoms with Gasteiger partial charge in [0.05, 0.1) is 0 Å². The Kier molecular flexibility index (Phi) is 3.88. The van der Waals surface area contributed by atoms with Crippen LogP contribution in [-0.4, -0.2) is 39.8 Å². The highest BCUT2D eigenvalue weighted by Crippen LogP contribution is 2.66. The maximum Gasteiger partial charge on any atom is 0.190 e. The lowest BCUT2D eigenvalue weighted by molar-refractivity contribution is -0.170. The van der Waals surface area contributed by atoms with Crippen molar-refractivity contribution in [3.63, 3.8) is 0 Å². The molecule has 0 spiro atoms. The quantitative estimate of drug-likeness (QED) is 0.786.